The molecular weight excluding hydrogens is 376 g/mol. The summed E-state index contributed by atoms with van der Waals surface area (Å²) < 4.78 is 1.63. The van der Waals surface area contributed by atoms with Crippen molar-refractivity contribution in [1.82, 2.24) is 29.5 Å². The first-order valence-electron chi connectivity index (χ1n) is 9.51. The lowest BCUT2D eigenvalue weighted by molar-refractivity contribution is 0.0578. The molecule has 0 N–H and O–H groups in total. The summed E-state index contributed by atoms with van der Waals surface area (Å²) in [6.07, 6.45) is 3.29. The van der Waals surface area contributed by atoms with Gasteiger partial charge in [-0.15, -0.1) is 11.3 Å². The second kappa shape index (κ2) is 6.88. The van der Waals surface area contributed by atoms with Gasteiger partial charge in [-0.1, -0.05) is 0 Å². The number of likely N-dealkylation sites (tertiary alicyclic amines) is 1. The van der Waals surface area contributed by atoms with E-state index in [0.717, 1.165) is 23.5 Å². The highest BCUT2D eigenvalue weighted by molar-refractivity contribution is 7.11. The molecule has 3 amide bonds. The van der Waals surface area contributed by atoms with E-state index in [1.54, 1.807) is 54.3 Å². The van der Waals surface area contributed by atoms with Crippen LogP contribution in [-0.4, -0.2) is 75.1 Å². The summed E-state index contributed by atoms with van der Waals surface area (Å²) in [6, 6.07) is 1.81. The van der Waals surface area contributed by atoms with Gasteiger partial charge in [-0.05, 0) is 25.8 Å². The van der Waals surface area contributed by atoms with Crippen molar-refractivity contribution in [2.24, 2.45) is 7.05 Å². The van der Waals surface area contributed by atoms with Gasteiger partial charge in [0.15, 0.2) is 0 Å². The summed E-state index contributed by atoms with van der Waals surface area (Å²) in [6.45, 7) is 4.61. The number of urea groups is 1. The van der Waals surface area contributed by atoms with Gasteiger partial charge in [-0.25, -0.2) is 9.78 Å². The molecule has 0 bridgehead atoms. The highest BCUT2D eigenvalue weighted by Gasteiger charge is 2.46. The second-order valence-electron chi connectivity index (χ2n) is 7.95. The molecule has 0 saturated carbocycles. The maximum atomic E-state index is 13.2. The van der Waals surface area contributed by atoms with Crippen molar-refractivity contribution >= 4 is 23.3 Å². The van der Waals surface area contributed by atoms with Crippen molar-refractivity contribution in [3.8, 4) is 0 Å². The van der Waals surface area contributed by atoms with Crippen LogP contribution in [0.5, 0.6) is 0 Å². The molecule has 0 unspecified atom stereocenters. The molecule has 9 heteroatoms. The molecule has 0 aliphatic carbocycles. The molecule has 150 valence electrons. The smallest absolute Gasteiger partial charge is 0.319 e. The first-order valence-corrected chi connectivity index (χ1v) is 10.3. The minimum atomic E-state index is -0.185. The van der Waals surface area contributed by atoms with Crippen LogP contribution in [0.25, 0.3) is 0 Å². The zero-order valence-electron chi connectivity index (χ0n) is 16.8. The Morgan fingerprint density at radius 3 is 2.54 bits per heavy atom. The zero-order valence-corrected chi connectivity index (χ0v) is 17.6. The predicted molar refractivity (Wildman–Crippen MR) is 106 cm³/mol. The topological polar surface area (TPSA) is 74.6 Å². The van der Waals surface area contributed by atoms with Gasteiger partial charge in [0.25, 0.3) is 5.91 Å². The van der Waals surface area contributed by atoms with Crippen LogP contribution in [-0.2, 0) is 19.0 Å². The van der Waals surface area contributed by atoms with Crippen LogP contribution in [0.3, 0.4) is 0 Å². The normalized spacial score (nSPS) is 18.3. The van der Waals surface area contributed by atoms with E-state index in [1.165, 1.54) is 4.88 Å². The van der Waals surface area contributed by atoms with Gasteiger partial charge in [0, 0.05) is 57.3 Å². The van der Waals surface area contributed by atoms with E-state index in [4.69, 9.17) is 4.98 Å². The van der Waals surface area contributed by atoms with Gasteiger partial charge in [-0.3, -0.25) is 9.48 Å². The predicted octanol–water partition coefficient (Wildman–Crippen LogP) is 1.86. The van der Waals surface area contributed by atoms with Crippen LogP contribution >= 0.6 is 11.3 Å². The molecule has 0 aromatic carbocycles. The Labute approximate surface area is 168 Å². The Morgan fingerprint density at radius 2 is 1.93 bits per heavy atom. The van der Waals surface area contributed by atoms with E-state index >= 15 is 0 Å². The van der Waals surface area contributed by atoms with Crippen LogP contribution in [0.1, 0.15) is 38.9 Å². The van der Waals surface area contributed by atoms with Crippen molar-refractivity contribution in [2.45, 2.75) is 31.7 Å². The Balaban J connectivity index is 1.63. The molecule has 1 saturated heterocycles. The Hall–Kier alpha value is -2.42. The minimum absolute atomic E-state index is 0.00266. The fourth-order valence-corrected chi connectivity index (χ4v) is 5.43. The van der Waals surface area contributed by atoms with Gasteiger partial charge in [0.2, 0.25) is 0 Å². The van der Waals surface area contributed by atoms with Crippen molar-refractivity contribution in [2.75, 3.05) is 33.7 Å². The number of carbonyl (C=O) groups is 2. The quantitative estimate of drug-likeness (QED) is 0.730. The van der Waals surface area contributed by atoms with E-state index < -0.39 is 0 Å². The first kappa shape index (κ1) is 18.9. The Kier molecular flexibility index (Phi) is 4.65. The number of hydrogen-bond acceptors (Lipinski definition) is 5. The van der Waals surface area contributed by atoms with Crippen LogP contribution in [0, 0.1) is 6.92 Å². The van der Waals surface area contributed by atoms with E-state index in [0.29, 0.717) is 31.9 Å². The Morgan fingerprint density at radius 1 is 1.21 bits per heavy atom. The molecule has 2 aromatic rings. The maximum absolute atomic E-state index is 13.2. The SMILES string of the molecule is Cc1nc2c(s1)CN(C(=O)c1ccnn1C)CC21CCN(C(=O)N(C)C)CC1. The lowest BCUT2D eigenvalue weighted by Crippen LogP contribution is -2.55. The van der Waals surface area contributed by atoms with E-state index in [1.807, 2.05) is 16.7 Å². The number of hydrogen-bond donors (Lipinski definition) is 0. The van der Waals surface area contributed by atoms with Gasteiger partial charge in [-0.2, -0.15) is 5.10 Å². The third-order valence-corrected chi connectivity index (χ3v) is 6.79. The Bertz CT molecular complexity index is 909. The van der Waals surface area contributed by atoms with Crippen molar-refractivity contribution in [3.63, 3.8) is 0 Å². The van der Waals surface area contributed by atoms with Crippen LogP contribution in [0.2, 0.25) is 0 Å². The number of fused-ring (bicyclic) bond motifs is 2. The number of amides is 3. The molecule has 0 radical (unpaired) electrons. The molecular formula is C19H26N6O2S. The fourth-order valence-electron chi connectivity index (χ4n) is 4.35. The minimum Gasteiger partial charge on any atom is -0.331 e. The zero-order chi connectivity index (χ0) is 20.1. The van der Waals surface area contributed by atoms with Gasteiger partial charge in [0.1, 0.15) is 5.69 Å². The number of rotatable bonds is 1. The number of aryl methyl sites for hydroxylation is 2. The average molecular weight is 403 g/mol. The highest BCUT2D eigenvalue weighted by atomic mass is 32.1. The number of thiazole rings is 1. The van der Waals surface area contributed by atoms with Crippen LogP contribution < -0.4 is 0 Å². The van der Waals surface area contributed by atoms with Gasteiger partial charge < -0.3 is 14.7 Å². The molecule has 4 rings (SSSR count). The highest BCUT2D eigenvalue weighted by Crippen LogP contribution is 2.43. The molecule has 2 aliphatic rings. The summed E-state index contributed by atoms with van der Waals surface area (Å²) in [7, 11) is 5.35. The van der Waals surface area contributed by atoms with Crippen molar-refractivity contribution in [1.29, 1.82) is 0 Å². The lowest BCUT2D eigenvalue weighted by atomic mass is 9.73. The van der Waals surface area contributed by atoms with Crippen LogP contribution in [0.4, 0.5) is 4.79 Å². The largest absolute Gasteiger partial charge is 0.331 e. The summed E-state index contributed by atoms with van der Waals surface area (Å²) in [5, 5.41) is 5.17. The third kappa shape index (κ3) is 3.07. The van der Waals surface area contributed by atoms with Crippen molar-refractivity contribution in [3.05, 3.63) is 33.5 Å². The van der Waals surface area contributed by atoms with E-state index in [2.05, 4.69) is 5.10 Å². The van der Waals surface area contributed by atoms with Crippen molar-refractivity contribution < 1.29 is 9.59 Å². The molecule has 1 spiro atoms. The number of aromatic nitrogens is 3. The molecule has 1 fully saturated rings. The maximum Gasteiger partial charge on any atom is 0.319 e. The molecule has 2 aliphatic heterocycles. The first-order chi connectivity index (χ1) is 13.3. The third-order valence-electron chi connectivity index (χ3n) is 5.84. The van der Waals surface area contributed by atoms with Crippen LogP contribution in [0.15, 0.2) is 12.3 Å². The summed E-state index contributed by atoms with van der Waals surface area (Å²) in [5.74, 6) is 0.00266. The molecule has 8 nitrogen and oxygen atoms in total. The molecule has 2 aromatic heterocycles. The van der Waals surface area contributed by atoms with E-state index in [9.17, 15) is 9.59 Å². The molecule has 0 atom stereocenters. The summed E-state index contributed by atoms with van der Waals surface area (Å²) in [5.41, 5.74) is 1.55. The molecule has 28 heavy (non-hydrogen) atoms. The molecule has 4 heterocycles. The monoisotopic (exact) mass is 402 g/mol. The van der Waals surface area contributed by atoms with Gasteiger partial charge in [0.05, 0.1) is 17.2 Å². The fraction of sp³-hybridized carbons (Fsp3) is 0.579. The number of piperidine rings is 1. The number of carbonyl (C=O) groups excluding carboxylic acids is 2. The summed E-state index contributed by atoms with van der Waals surface area (Å²) >= 11 is 1.68. The lowest BCUT2D eigenvalue weighted by Gasteiger charge is -2.46. The summed E-state index contributed by atoms with van der Waals surface area (Å²) in [4.78, 5) is 37.0. The number of nitrogens with zero attached hydrogens (tertiary/aromatic N) is 6. The standard InChI is InChI=1S/C19H26N6O2S/c1-13-21-16-15(28-13)11-25(17(26)14-5-8-20-23(14)4)12-19(16)6-9-24(10-7-19)18(27)22(2)3/h5,8H,6-7,9-12H2,1-4H3. The van der Waals surface area contributed by atoms with Gasteiger partial charge >= 0.3 is 6.03 Å². The average Bonchev–Trinajstić information content (AvgIpc) is 3.26. The second-order valence-corrected chi connectivity index (χ2v) is 9.24. The van der Waals surface area contributed by atoms with E-state index in [-0.39, 0.29) is 17.4 Å².